The summed E-state index contributed by atoms with van der Waals surface area (Å²) < 4.78 is 5.08. The van der Waals surface area contributed by atoms with Crippen LogP contribution in [-0.2, 0) is 0 Å². The molecule has 0 spiro atoms. The lowest BCUT2D eigenvalue weighted by Gasteiger charge is -2.19. The molecule has 13 rings (SSSR count). The smallest absolute Gasteiger partial charge is 0.0541 e. The molecule has 0 amide bonds. The first-order valence-electron chi connectivity index (χ1n) is 22.0. The monoisotopic (exact) mass is 829 g/mol. The van der Waals surface area contributed by atoms with E-state index in [1.165, 1.54) is 119 Å². The first kappa shape index (κ1) is 36.6. The third kappa shape index (κ3) is 5.84. The van der Waals surface area contributed by atoms with Crippen LogP contribution in [0.15, 0.2) is 237 Å². The van der Waals surface area contributed by atoms with Crippen LogP contribution in [0.2, 0.25) is 0 Å². The van der Waals surface area contributed by atoms with Gasteiger partial charge in [0.15, 0.2) is 0 Å². The minimum absolute atomic E-state index is 1.14. The first-order valence-corrected chi connectivity index (χ1v) is 22.8. The Morgan fingerprint density at radius 2 is 0.766 bits per heavy atom. The number of hydrogen-bond donors (Lipinski definition) is 0. The van der Waals surface area contributed by atoms with Crippen LogP contribution in [0, 0.1) is 0 Å². The Balaban J connectivity index is 1.05. The highest BCUT2D eigenvalue weighted by Gasteiger charge is 2.21. The van der Waals surface area contributed by atoms with Gasteiger partial charge < -0.3 is 4.57 Å². The van der Waals surface area contributed by atoms with Gasteiger partial charge in [0.05, 0.1) is 11.0 Å². The average molecular weight is 830 g/mol. The van der Waals surface area contributed by atoms with Crippen LogP contribution in [0.1, 0.15) is 0 Å². The van der Waals surface area contributed by atoms with Gasteiger partial charge in [-0.15, -0.1) is 11.3 Å². The van der Waals surface area contributed by atoms with Crippen molar-refractivity contribution in [1.29, 1.82) is 0 Å². The number of aromatic nitrogens is 1. The second-order valence-corrected chi connectivity index (χ2v) is 17.8. The van der Waals surface area contributed by atoms with Crippen LogP contribution >= 0.6 is 11.3 Å². The van der Waals surface area contributed by atoms with Crippen molar-refractivity contribution in [3.05, 3.63) is 237 Å². The molecule has 13 aromatic rings. The fraction of sp³-hybridized carbons (Fsp3) is 0. The molecule has 2 heterocycles. The van der Waals surface area contributed by atoms with Crippen LogP contribution in [0.5, 0.6) is 0 Å². The van der Waals surface area contributed by atoms with E-state index in [2.05, 4.69) is 241 Å². The van der Waals surface area contributed by atoms with Crippen molar-refractivity contribution in [3.8, 4) is 61.3 Å². The van der Waals surface area contributed by atoms with E-state index in [1.54, 1.807) is 0 Å². The molecule has 0 aliphatic rings. The molecule has 298 valence electrons. The number of nitrogens with zero attached hydrogens (tertiary/aromatic N) is 1. The number of benzene rings is 11. The fourth-order valence-corrected chi connectivity index (χ4v) is 11.5. The van der Waals surface area contributed by atoms with Gasteiger partial charge in [0.1, 0.15) is 0 Å². The van der Waals surface area contributed by atoms with Crippen molar-refractivity contribution in [1.82, 2.24) is 4.57 Å². The van der Waals surface area contributed by atoms with Crippen molar-refractivity contribution < 1.29 is 0 Å². The summed E-state index contributed by atoms with van der Waals surface area (Å²) in [4.78, 5) is 0. The van der Waals surface area contributed by atoms with E-state index in [1.807, 2.05) is 11.3 Å². The van der Waals surface area contributed by atoms with E-state index in [0.717, 1.165) is 5.69 Å². The van der Waals surface area contributed by atoms with Crippen molar-refractivity contribution >= 4 is 74.9 Å². The maximum absolute atomic E-state index is 2.47. The van der Waals surface area contributed by atoms with E-state index in [9.17, 15) is 0 Å². The third-order valence-electron chi connectivity index (χ3n) is 13.2. The van der Waals surface area contributed by atoms with Crippen LogP contribution in [0.25, 0.3) is 125 Å². The molecule has 1 nitrogen and oxygen atoms in total. The zero-order valence-electron chi connectivity index (χ0n) is 34.9. The highest BCUT2D eigenvalue weighted by atomic mass is 32.1. The summed E-state index contributed by atoms with van der Waals surface area (Å²) in [6.45, 7) is 0. The Kier molecular flexibility index (Phi) is 8.47. The van der Waals surface area contributed by atoms with Gasteiger partial charge in [-0.25, -0.2) is 0 Å². The van der Waals surface area contributed by atoms with Crippen molar-refractivity contribution in [2.75, 3.05) is 0 Å². The maximum Gasteiger partial charge on any atom is 0.0541 e. The van der Waals surface area contributed by atoms with Crippen LogP contribution in [0.4, 0.5) is 0 Å². The molecule has 0 atom stereocenters. The molecule has 0 radical (unpaired) electrons. The maximum atomic E-state index is 2.47. The Morgan fingerprint density at radius 3 is 1.44 bits per heavy atom. The highest BCUT2D eigenvalue weighted by Crippen LogP contribution is 2.47. The number of hydrogen-bond acceptors (Lipinski definition) is 1. The number of fused-ring (bicyclic) bond motifs is 8. The van der Waals surface area contributed by atoms with E-state index < -0.39 is 0 Å². The summed E-state index contributed by atoms with van der Waals surface area (Å²) in [5, 5.41) is 10.1. The van der Waals surface area contributed by atoms with Gasteiger partial charge in [0, 0.05) is 42.2 Å². The largest absolute Gasteiger partial charge is 0.309 e. The molecule has 0 aliphatic carbocycles. The SMILES string of the molecule is c1ccc(-c2ccc3sc4c(-c5ccc6c(c5)c5ccccc5n6-c5ccc6c(-c7ccccc7)c7ccccc7c(-c7ccccc7)c6c5)cc(-c5ccccc5)cc4c3c2)cc1. The number of rotatable bonds is 6. The van der Waals surface area contributed by atoms with E-state index in [4.69, 9.17) is 0 Å². The summed E-state index contributed by atoms with van der Waals surface area (Å²) in [5.74, 6) is 0. The van der Waals surface area contributed by atoms with Gasteiger partial charge in [0.25, 0.3) is 0 Å². The van der Waals surface area contributed by atoms with Gasteiger partial charge in [-0.2, -0.15) is 0 Å². The zero-order chi connectivity index (χ0) is 42.1. The molecular weight excluding hydrogens is 791 g/mol. The van der Waals surface area contributed by atoms with Crippen LogP contribution in [0.3, 0.4) is 0 Å². The number of thiophene rings is 1. The average Bonchev–Trinajstić information content (AvgIpc) is 3.91. The first-order chi connectivity index (χ1) is 31.7. The summed E-state index contributed by atoms with van der Waals surface area (Å²) in [6, 6.07) is 87.2. The van der Waals surface area contributed by atoms with Gasteiger partial charge in [-0.1, -0.05) is 182 Å². The standard InChI is InChI=1S/C62H39NS/c1-5-17-40(18-6-1)44-30-34-59-54(35-44)56-38-46(41-19-7-2-8-20-41)37-52(62(56)64-59)45-29-33-58-53(36-45)48-25-15-16-28-57(48)63(58)47-31-32-51-55(39-47)61(43-23-11-4-12-24-43)50-27-14-13-26-49(50)60(51)42-21-9-3-10-22-42/h1-39H. The molecule has 0 saturated heterocycles. The fourth-order valence-electron chi connectivity index (χ4n) is 10.3. The van der Waals surface area contributed by atoms with Crippen LogP contribution in [-0.4, -0.2) is 4.57 Å². The van der Waals surface area contributed by atoms with E-state index >= 15 is 0 Å². The molecule has 0 fully saturated rings. The Morgan fingerprint density at radius 1 is 0.266 bits per heavy atom. The van der Waals surface area contributed by atoms with Crippen molar-refractivity contribution in [2.24, 2.45) is 0 Å². The predicted molar refractivity (Wildman–Crippen MR) is 276 cm³/mol. The summed E-state index contributed by atoms with van der Waals surface area (Å²) in [7, 11) is 0. The lowest BCUT2D eigenvalue weighted by Crippen LogP contribution is -1.96. The van der Waals surface area contributed by atoms with Gasteiger partial charge in [-0.3, -0.25) is 0 Å². The minimum Gasteiger partial charge on any atom is -0.309 e. The van der Waals surface area contributed by atoms with Gasteiger partial charge in [-0.05, 0) is 126 Å². The lowest BCUT2D eigenvalue weighted by atomic mass is 9.86. The predicted octanol–water partition coefficient (Wildman–Crippen LogP) is 17.8. The molecule has 2 heteroatoms. The molecule has 2 aromatic heterocycles. The molecule has 0 unspecified atom stereocenters. The van der Waals surface area contributed by atoms with Crippen molar-refractivity contribution in [3.63, 3.8) is 0 Å². The molecule has 0 aliphatic heterocycles. The molecule has 0 N–H and O–H groups in total. The Labute approximate surface area is 375 Å². The molecule has 64 heavy (non-hydrogen) atoms. The summed E-state index contributed by atoms with van der Waals surface area (Å²) in [6.07, 6.45) is 0. The lowest BCUT2D eigenvalue weighted by molar-refractivity contribution is 1.19. The van der Waals surface area contributed by atoms with Crippen molar-refractivity contribution in [2.45, 2.75) is 0 Å². The molecular formula is C62H39NS. The highest BCUT2D eigenvalue weighted by molar-refractivity contribution is 7.26. The van der Waals surface area contributed by atoms with E-state index in [0.29, 0.717) is 0 Å². The summed E-state index contributed by atoms with van der Waals surface area (Å²) in [5.41, 5.74) is 15.9. The normalized spacial score (nSPS) is 11.8. The Hall–Kier alpha value is -8.04. The number of para-hydroxylation sites is 1. The van der Waals surface area contributed by atoms with E-state index in [-0.39, 0.29) is 0 Å². The van der Waals surface area contributed by atoms with Gasteiger partial charge in [0.2, 0.25) is 0 Å². The second-order valence-electron chi connectivity index (χ2n) is 16.8. The molecule has 0 bridgehead atoms. The van der Waals surface area contributed by atoms with Gasteiger partial charge >= 0.3 is 0 Å². The third-order valence-corrected chi connectivity index (χ3v) is 14.4. The summed E-state index contributed by atoms with van der Waals surface area (Å²) >= 11 is 1.90. The van der Waals surface area contributed by atoms with Crippen LogP contribution < -0.4 is 0 Å². The quantitative estimate of drug-likeness (QED) is 0.147. The molecule has 11 aromatic carbocycles. The topological polar surface area (TPSA) is 4.93 Å². The second kappa shape index (κ2) is 14.8. The minimum atomic E-state index is 1.14. The Bertz CT molecular complexity index is 3920. The molecule has 0 saturated carbocycles. The zero-order valence-corrected chi connectivity index (χ0v) is 35.7.